The Morgan fingerprint density at radius 1 is 1.06 bits per heavy atom. The highest BCUT2D eigenvalue weighted by Gasteiger charge is 2.27. The lowest BCUT2D eigenvalue weighted by molar-refractivity contribution is 0.102. The van der Waals surface area contributed by atoms with Crippen LogP contribution in [0.5, 0.6) is 0 Å². The van der Waals surface area contributed by atoms with E-state index in [2.05, 4.69) is 10.4 Å². The van der Waals surface area contributed by atoms with E-state index in [1.165, 1.54) is 25.6 Å². The molecule has 3 rings (SSSR count). The summed E-state index contributed by atoms with van der Waals surface area (Å²) in [5, 5.41) is 6.93. The van der Waals surface area contributed by atoms with Gasteiger partial charge in [0, 0.05) is 4.90 Å². The smallest absolute Gasteiger partial charge is 0.257 e. The van der Waals surface area contributed by atoms with Crippen LogP contribution in [0.2, 0.25) is 5.02 Å². The minimum absolute atomic E-state index is 0.208. The van der Waals surface area contributed by atoms with E-state index in [9.17, 15) is 26.7 Å². The molecule has 31 heavy (non-hydrogen) atoms. The Hall–Kier alpha value is -2.59. The molecule has 11 heteroatoms. The molecule has 1 N–H and O–H groups in total. The first-order valence-corrected chi connectivity index (χ1v) is 10.4. The van der Waals surface area contributed by atoms with Crippen molar-refractivity contribution in [3.05, 3.63) is 74.8 Å². The Morgan fingerprint density at radius 3 is 2.23 bits per heavy atom. The van der Waals surface area contributed by atoms with Crippen LogP contribution in [0.3, 0.4) is 0 Å². The van der Waals surface area contributed by atoms with Crippen molar-refractivity contribution in [2.24, 2.45) is 0 Å². The van der Waals surface area contributed by atoms with Crippen molar-refractivity contribution >= 4 is 35.0 Å². The summed E-state index contributed by atoms with van der Waals surface area (Å²) in [6, 6.07) is 4.93. The van der Waals surface area contributed by atoms with E-state index in [0.717, 1.165) is 9.58 Å². The fraction of sp³-hybridized carbons (Fsp3) is 0.200. The number of hydrogen-bond acceptors (Lipinski definition) is 3. The van der Waals surface area contributed by atoms with Gasteiger partial charge in [-0.25, -0.2) is 22.0 Å². The number of anilines is 1. The lowest BCUT2D eigenvalue weighted by Crippen LogP contribution is -2.15. The number of halogens is 6. The number of rotatable bonds is 5. The van der Waals surface area contributed by atoms with Crippen LogP contribution in [-0.4, -0.2) is 21.9 Å². The van der Waals surface area contributed by atoms with Gasteiger partial charge in [-0.1, -0.05) is 11.6 Å². The van der Waals surface area contributed by atoms with Gasteiger partial charge in [-0.3, -0.25) is 9.48 Å². The predicted octanol–water partition coefficient (Wildman–Crippen LogP) is 5.87. The predicted molar refractivity (Wildman–Crippen MR) is 108 cm³/mol. The number of benzene rings is 2. The van der Waals surface area contributed by atoms with Gasteiger partial charge in [0.15, 0.2) is 23.3 Å². The second-order valence-electron chi connectivity index (χ2n) is 6.55. The molecule has 0 aliphatic heterocycles. The molecule has 4 nitrogen and oxygen atoms in total. The number of aromatic nitrogens is 2. The normalized spacial score (nSPS) is 11.1. The summed E-state index contributed by atoms with van der Waals surface area (Å²) in [5.41, 5.74) is -0.0475. The average Bonchev–Trinajstić information content (AvgIpc) is 3.01. The van der Waals surface area contributed by atoms with Crippen molar-refractivity contribution in [1.29, 1.82) is 0 Å². The molecule has 0 saturated heterocycles. The number of nitrogens with zero attached hydrogens (tertiary/aromatic N) is 2. The third-order valence-corrected chi connectivity index (χ3v) is 5.70. The fourth-order valence-corrected chi connectivity index (χ4v) is 3.60. The van der Waals surface area contributed by atoms with E-state index in [-0.39, 0.29) is 27.7 Å². The molecule has 0 aliphatic carbocycles. The van der Waals surface area contributed by atoms with Crippen LogP contribution in [0.1, 0.15) is 27.3 Å². The largest absolute Gasteiger partial charge is 0.319 e. The minimum atomic E-state index is -2.23. The molecule has 1 aromatic heterocycles. The van der Waals surface area contributed by atoms with Gasteiger partial charge < -0.3 is 5.32 Å². The van der Waals surface area contributed by atoms with E-state index in [4.69, 9.17) is 11.6 Å². The summed E-state index contributed by atoms with van der Waals surface area (Å²) < 4.78 is 69.3. The first-order chi connectivity index (χ1) is 14.6. The minimum Gasteiger partial charge on any atom is -0.319 e. The van der Waals surface area contributed by atoms with Gasteiger partial charge in [0.25, 0.3) is 5.91 Å². The third-order valence-electron chi connectivity index (χ3n) is 4.65. The summed E-state index contributed by atoms with van der Waals surface area (Å²) in [5.74, 6) is -10.7. The maximum absolute atomic E-state index is 14.0. The highest BCUT2D eigenvalue weighted by molar-refractivity contribution is 7.98. The summed E-state index contributed by atoms with van der Waals surface area (Å²) >= 11 is 7.53. The van der Waals surface area contributed by atoms with Crippen LogP contribution in [0.25, 0.3) is 0 Å². The number of carbonyl (C=O) groups excluding carboxylic acids is 1. The maximum atomic E-state index is 14.0. The Balaban J connectivity index is 1.95. The van der Waals surface area contributed by atoms with Crippen LogP contribution >= 0.6 is 23.4 Å². The molecule has 0 saturated carbocycles. The van der Waals surface area contributed by atoms with Crippen molar-refractivity contribution in [2.45, 2.75) is 25.3 Å². The molecule has 3 aromatic rings. The van der Waals surface area contributed by atoms with Crippen molar-refractivity contribution in [1.82, 2.24) is 9.78 Å². The highest BCUT2D eigenvalue weighted by Crippen LogP contribution is 2.28. The first kappa shape index (κ1) is 23.1. The number of nitrogens with one attached hydrogen (secondary N) is 1. The average molecular weight is 476 g/mol. The molecular formula is C20H15ClF5N3OS. The molecular weight excluding hydrogens is 461 g/mol. The first-order valence-electron chi connectivity index (χ1n) is 8.76. The summed E-state index contributed by atoms with van der Waals surface area (Å²) in [6.07, 6.45) is 1.84. The van der Waals surface area contributed by atoms with Crippen LogP contribution in [0.15, 0.2) is 23.1 Å². The Labute approximate surface area is 183 Å². The molecule has 2 aromatic carbocycles. The summed E-state index contributed by atoms with van der Waals surface area (Å²) in [6.45, 7) is 2.29. The van der Waals surface area contributed by atoms with Crippen LogP contribution in [-0.2, 0) is 6.54 Å². The summed E-state index contributed by atoms with van der Waals surface area (Å²) in [7, 11) is 0. The lowest BCUT2D eigenvalue weighted by Gasteiger charge is -2.11. The van der Waals surface area contributed by atoms with Gasteiger partial charge in [-0.05, 0) is 38.3 Å². The lowest BCUT2D eigenvalue weighted by atomic mass is 10.1. The van der Waals surface area contributed by atoms with Gasteiger partial charge in [0.05, 0.1) is 39.8 Å². The molecule has 0 bridgehead atoms. The molecule has 0 aliphatic rings. The molecule has 1 heterocycles. The molecule has 0 fully saturated rings. The van der Waals surface area contributed by atoms with E-state index >= 15 is 0 Å². The van der Waals surface area contributed by atoms with Crippen molar-refractivity contribution in [3.63, 3.8) is 0 Å². The van der Waals surface area contributed by atoms with Crippen LogP contribution < -0.4 is 5.32 Å². The molecule has 1 amide bonds. The Bertz CT molecular complexity index is 1170. The van der Waals surface area contributed by atoms with Crippen molar-refractivity contribution < 1.29 is 26.7 Å². The zero-order chi connectivity index (χ0) is 23.0. The van der Waals surface area contributed by atoms with Crippen molar-refractivity contribution in [2.75, 3.05) is 11.6 Å². The highest BCUT2D eigenvalue weighted by atomic mass is 35.5. The molecule has 0 radical (unpaired) electrons. The van der Waals surface area contributed by atoms with E-state index < -0.39 is 47.1 Å². The SMILES string of the molecule is CSc1ccc(Cl)c(C(=O)Nc2c(C)nn(Cc3c(F)c(F)c(F)c(F)c3F)c2C)c1. The van der Waals surface area contributed by atoms with Crippen LogP contribution in [0, 0.1) is 42.9 Å². The fourth-order valence-electron chi connectivity index (χ4n) is 2.96. The topological polar surface area (TPSA) is 46.9 Å². The van der Waals surface area contributed by atoms with Crippen molar-refractivity contribution in [3.8, 4) is 0 Å². The molecule has 0 atom stereocenters. The van der Waals surface area contributed by atoms with Gasteiger partial charge in [0.1, 0.15) is 0 Å². The maximum Gasteiger partial charge on any atom is 0.257 e. The second kappa shape index (κ2) is 8.88. The summed E-state index contributed by atoms with van der Waals surface area (Å²) in [4.78, 5) is 13.5. The zero-order valence-electron chi connectivity index (χ0n) is 16.4. The van der Waals surface area contributed by atoms with Gasteiger partial charge in [0.2, 0.25) is 5.82 Å². The Morgan fingerprint density at radius 2 is 1.65 bits per heavy atom. The van der Waals surface area contributed by atoms with Gasteiger partial charge in [-0.2, -0.15) is 5.10 Å². The second-order valence-corrected chi connectivity index (χ2v) is 7.84. The van der Waals surface area contributed by atoms with Gasteiger partial charge >= 0.3 is 0 Å². The molecule has 0 unspecified atom stereocenters. The molecule has 0 spiro atoms. The standard InChI is InChI=1S/C20H15ClF5N3OS/c1-8-19(27-20(30)11-6-10(31-3)4-5-13(11)21)9(2)29(28-8)7-12-14(22)16(24)18(26)17(25)15(12)23/h4-6H,7H2,1-3H3,(H,27,30). The number of amides is 1. The van der Waals surface area contributed by atoms with E-state index in [1.54, 1.807) is 18.2 Å². The molecule has 164 valence electrons. The third kappa shape index (κ3) is 4.27. The Kier molecular flexibility index (Phi) is 6.61. The van der Waals surface area contributed by atoms with E-state index in [1.807, 2.05) is 6.26 Å². The number of hydrogen-bond donors (Lipinski definition) is 1. The quantitative estimate of drug-likeness (QED) is 0.217. The van der Waals surface area contributed by atoms with Gasteiger partial charge in [-0.15, -0.1) is 11.8 Å². The van der Waals surface area contributed by atoms with E-state index in [0.29, 0.717) is 0 Å². The number of thioether (sulfide) groups is 1. The zero-order valence-corrected chi connectivity index (χ0v) is 18.0. The monoisotopic (exact) mass is 475 g/mol. The number of aryl methyl sites for hydroxylation is 1. The van der Waals surface area contributed by atoms with Crippen LogP contribution in [0.4, 0.5) is 27.6 Å². The number of carbonyl (C=O) groups is 1.